The molecule has 1 aromatic carbocycles. The van der Waals surface area contributed by atoms with Crippen molar-refractivity contribution < 1.29 is 19.1 Å². The van der Waals surface area contributed by atoms with Gasteiger partial charge in [0.1, 0.15) is 5.82 Å². The zero-order valence-electron chi connectivity index (χ0n) is 23.3. The summed E-state index contributed by atoms with van der Waals surface area (Å²) in [4.78, 5) is 29.8. The highest BCUT2D eigenvalue weighted by Gasteiger charge is 2.40. The SMILES string of the molecule is CCCCC(CC)CCCNC(=O)c1c(C)[nH]c(C(SCCCCO)C2C(=O)Nc3ccc(F)cc32)c1C. The Morgan fingerprint density at radius 3 is 2.63 bits per heavy atom. The lowest BCUT2D eigenvalue weighted by molar-refractivity contribution is -0.117. The number of halogens is 1. The van der Waals surface area contributed by atoms with Gasteiger partial charge in [-0.3, -0.25) is 9.59 Å². The maximum absolute atomic E-state index is 14.2. The Balaban J connectivity index is 1.79. The number of thioether (sulfide) groups is 1. The van der Waals surface area contributed by atoms with Crippen LogP contribution in [0.1, 0.15) is 109 Å². The Bertz CT molecular complexity index is 1090. The third-order valence-electron chi connectivity index (χ3n) is 7.65. The zero-order valence-corrected chi connectivity index (χ0v) is 24.1. The third kappa shape index (κ3) is 7.41. The standard InChI is InChI=1S/C30H44FN3O3S/c1-5-7-11-21(6-2)12-10-15-32-29(36)25-19(3)27(33-20(25)4)28(38-17-9-8-16-35)26-23-18-22(31)13-14-24(23)34-30(26)37/h13-14,18,21,26,28,33,35H,5-12,15-17H2,1-4H3,(H,32,36)(H,34,37). The van der Waals surface area contributed by atoms with Crippen molar-refractivity contribution in [1.82, 2.24) is 10.3 Å². The van der Waals surface area contributed by atoms with Gasteiger partial charge >= 0.3 is 0 Å². The molecule has 3 unspecified atom stereocenters. The summed E-state index contributed by atoms with van der Waals surface area (Å²) in [6.07, 6.45) is 8.44. The van der Waals surface area contributed by atoms with Crippen LogP contribution in [-0.4, -0.2) is 40.8 Å². The van der Waals surface area contributed by atoms with Gasteiger partial charge in [0.2, 0.25) is 5.91 Å². The fraction of sp³-hybridized carbons (Fsp3) is 0.600. The molecule has 1 aromatic heterocycles. The van der Waals surface area contributed by atoms with Crippen molar-refractivity contribution in [1.29, 1.82) is 0 Å². The third-order valence-corrected chi connectivity index (χ3v) is 9.04. The summed E-state index contributed by atoms with van der Waals surface area (Å²) < 4.78 is 14.2. The molecule has 0 saturated carbocycles. The second-order valence-electron chi connectivity index (χ2n) is 10.4. The van der Waals surface area contributed by atoms with E-state index in [4.69, 9.17) is 0 Å². The number of aryl methyl sites for hydroxylation is 1. The molecule has 3 rings (SSSR count). The summed E-state index contributed by atoms with van der Waals surface area (Å²) >= 11 is 1.61. The van der Waals surface area contributed by atoms with E-state index in [1.165, 1.54) is 37.8 Å². The topological polar surface area (TPSA) is 94.2 Å². The number of hydrogen-bond donors (Lipinski definition) is 4. The van der Waals surface area contributed by atoms with E-state index in [1.54, 1.807) is 17.8 Å². The average molecular weight is 546 g/mol. The Morgan fingerprint density at radius 1 is 1.16 bits per heavy atom. The molecule has 2 amide bonds. The second-order valence-corrected chi connectivity index (χ2v) is 11.6. The van der Waals surface area contributed by atoms with E-state index in [0.29, 0.717) is 35.7 Å². The first-order chi connectivity index (χ1) is 18.3. The fourth-order valence-electron chi connectivity index (χ4n) is 5.45. The molecule has 0 fully saturated rings. The number of anilines is 1. The summed E-state index contributed by atoms with van der Waals surface area (Å²) in [5, 5.41) is 14.9. The van der Waals surface area contributed by atoms with Gasteiger partial charge in [-0.05, 0) is 80.5 Å². The van der Waals surface area contributed by atoms with Crippen molar-refractivity contribution in [3.8, 4) is 0 Å². The van der Waals surface area contributed by atoms with Gasteiger partial charge in [0.15, 0.2) is 0 Å². The lowest BCUT2D eigenvalue weighted by Crippen LogP contribution is -2.26. The number of aliphatic hydroxyl groups excluding tert-OH is 1. The molecule has 0 saturated heterocycles. The number of carbonyl (C=O) groups is 2. The number of aromatic amines is 1. The molecule has 0 bridgehead atoms. The number of aromatic nitrogens is 1. The van der Waals surface area contributed by atoms with Gasteiger partial charge in [0.25, 0.3) is 5.91 Å². The number of carbonyl (C=O) groups excluding carboxylic acids is 2. The van der Waals surface area contributed by atoms with E-state index in [9.17, 15) is 19.1 Å². The number of aliphatic hydroxyl groups is 1. The van der Waals surface area contributed by atoms with Crippen LogP contribution in [0.15, 0.2) is 18.2 Å². The Labute approximate surface area is 230 Å². The molecular formula is C30H44FN3O3S. The van der Waals surface area contributed by atoms with Crippen LogP contribution in [0, 0.1) is 25.6 Å². The van der Waals surface area contributed by atoms with E-state index in [1.807, 2.05) is 13.8 Å². The van der Waals surface area contributed by atoms with Crippen LogP contribution in [0.2, 0.25) is 0 Å². The molecule has 0 radical (unpaired) electrons. The summed E-state index contributed by atoms with van der Waals surface area (Å²) in [7, 11) is 0. The summed E-state index contributed by atoms with van der Waals surface area (Å²) in [5.74, 6) is 0.209. The molecule has 3 atom stereocenters. The van der Waals surface area contributed by atoms with Gasteiger partial charge in [0.05, 0.1) is 16.7 Å². The molecule has 0 aliphatic carbocycles. The van der Waals surface area contributed by atoms with Gasteiger partial charge in [-0.1, -0.05) is 39.5 Å². The van der Waals surface area contributed by atoms with E-state index in [-0.39, 0.29) is 29.5 Å². The van der Waals surface area contributed by atoms with E-state index >= 15 is 0 Å². The fourth-order valence-corrected chi connectivity index (χ4v) is 6.94. The minimum Gasteiger partial charge on any atom is -0.396 e. The van der Waals surface area contributed by atoms with Gasteiger partial charge in [-0.15, -0.1) is 0 Å². The molecule has 1 aliphatic rings. The van der Waals surface area contributed by atoms with Crippen LogP contribution in [0.5, 0.6) is 0 Å². The summed E-state index contributed by atoms with van der Waals surface area (Å²) in [6, 6.07) is 4.39. The highest BCUT2D eigenvalue weighted by atomic mass is 32.2. The summed E-state index contributed by atoms with van der Waals surface area (Å²) in [6.45, 7) is 9.02. The predicted molar refractivity (Wildman–Crippen MR) is 154 cm³/mol. The number of fused-ring (bicyclic) bond motifs is 1. The van der Waals surface area contributed by atoms with Crippen LogP contribution in [0.4, 0.5) is 10.1 Å². The highest BCUT2D eigenvalue weighted by Crippen LogP contribution is 2.49. The predicted octanol–water partition coefficient (Wildman–Crippen LogP) is 6.78. The van der Waals surface area contributed by atoms with Gasteiger partial charge in [-0.2, -0.15) is 11.8 Å². The number of benzene rings is 1. The zero-order chi connectivity index (χ0) is 27.7. The number of amides is 2. The Morgan fingerprint density at radius 2 is 1.92 bits per heavy atom. The van der Waals surface area contributed by atoms with Crippen molar-refractivity contribution in [3.63, 3.8) is 0 Å². The van der Waals surface area contributed by atoms with Crippen molar-refractivity contribution in [2.45, 2.75) is 90.2 Å². The number of hydrogen-bond acceptors (Lipinski definition) is 4. The molecule has 6 nitrogen and oxygen atoms in total. The van der Waals surface area contributed by atoms with Gasteiger partial charge in [-0.25, -0.2) is 4.39 Å². The minimum atomic E-state index is -0.582. The van der Waals surface area contributed by atoms with Gasteiger partial charge < -0.3 is 20.7 Å². The van der Waals surface area contributed by atoms with E-state index in [2.05, 4.69) is 29.5 Å². The van der Waals surface area contributed by atoms with Crippen LogP contribution in [0.25, 0.3) is 0 Å². The lowest BCUT2D eigenvalue weighted by Gasteiger charge is -2.23. The molecule has 210 valence electrons. The number of nitrogens with one attached hydrogen (secondary N) is 3. The first kappa shape index (κ1) is 30.2. The molecule has 2 heterocycles. The number of unbranched alkanes of at least 4 members (excludes halogenated alkanes) is 2. The van der Waals surface area contributed by atoms with Crippen LogP contribution in [0.3, 0.4) is 0 Å². The lowest BCUT2D eigenvalue weighted by atomic mass is 9.93. The molecule has 38 heavy (non-hydrogen) atoms. The average Bonchev–Trinajstić information content (AvgIpc) is 3.37. The molecule has 2 aromatic rings. The maximum atomic E-state index is 14.2. The first-order valence-electron chi connectivity index (χ1n) is 14.1. The normalized spacial score (nSPS) is 16.3. The van der Waals surface area contributed by atoms with Gasteiger partial charge in [0, 0.05) is 30.2 Å². The quantitative estimate of drug-likeness (QED) is 0.175. The largest absolute Gasteiger partial charge is 0.396 e. The summed E-state index contributed by atoms with van der Waals surface area (Å²) in [5.41, 5.74) is 4.31. The molecule has 0 spiro atoms. The monoisotopic (exact) mass is 545 g/mol. The van der Waals surface area contributed by atoms with Crippen molar-refractivity contribution in [2.75, 3.05) is 24.2 Å². The second kappa shape index (κ2) is 14.7. The molecule has 1 aliphatic heterocycles. The Hall–Kier alpha value is -2.32. The van der Waals surface area contributed by atoms with E-state index in [0.717, 1.165) is 42.0 Å². The van der Waals surface area contributed by atoms with Crippen LogP contribution >= 0.6 is 11.8 Å². The first-order valence-corrected chi connectivity index (χ1v) is 15.2. The highest BCUT2D eigenvalue weighted by molar-refractivity contribution is 7.99. The van der Waals surface area contributed by atoms with Crippen molar-refractivity contribution in [3.05, 3.63) is 52.1 Å². The number of H-pyrrole nitrogens is 1. The van der Waals surface area contributed by atoms with Crippen LogP contribution < -0.4 is 10.6 Å². The van der Waals surface area contributed by atoms with E-state index < -0.39 is 5.92 Å². The maximum Gasteiger partial charge on any atom is 0.253 e. The minimum absolute atomic E-state index is 0.101. The molecular weight excluding hydrogens is 501 g/mol. The smallest absolute Gasteiger partial charge is 0.253 e. The van der Waals surface area contributed by atoms with Crippen molar-refractivity contribution >= 4 is 29.3 Å². The Kier molecular flexibility index (Phi) is 11.7. The molecule has 8 heteroatoms. The number of rotatable bonds is 16. The molecule has 4 N–H and O–H groups in total. The van der Waals surface area contributed by atoms with Crippen molar-refractivity contribution in [2.24, 2.45) is 5.92 Å². The van der Waals surface area contributed by atoms with Crippen LogP contribution in [-0.2, 0) is 4.79 Å².